The molecule has 2 aromatic carbocycles. The molecule has 0 aliphatic carbocycles. The summed E-state index contributed by atoms with van der Waals surface area (Å²) in [4.78, 5) is 24.0. The first-order valence-corrected chi connectivity index (χ1v) is 9.01. The van der Waals surface area contributed by atoms with E-state index in [1.54, 1.807) is 42.5 Å². The second-order valence-electron chi connectivity index (χ2n) is 5.41. The van der Waals surface area contributed by atoms with Crippen molar-refractivity contribution in [1.29, 1.82) is 0 Å². The standard InChI is InChI=1S/C17H16N2O5S/c20-16(12-24-13-7-3-1-4-8-13)18-15-11-19(17(15)21)25(22,23)14-9-5-2-6-10-14/h1-10,15H,11-12H2,(H,18,20)/t15-/m0/s1. The summed E-state index contributed by atoms with van der Waals surface area (Å²) in [7, 11) is -3.87. The molecule has 25 heavy (non-hydrogen) atoms. The Bertz CT molecular complexity index is 868. The summed E-state index contributed by atoms with van der Waals surface area (Å²) in [6.07, 6.45) is 0. The van der Waals surface area contributed by atoms with Crippen molar-refractivity contribution in [3.8, 4) is 5.75 Å². The third-order valence-corrected chi connectivity index (χ3v) is 5.45. The summed E-state index contributed by atoms with van der Waals surface area (Å²) in [6.45, 7) is -0.341. The molecule has 0 saturated carbocycles. The minimum Gasteiger partial charge on any atom is -0.484 e. The number of nitrogens with one attached hydrogen (secondary N) is 1. The number of hydrogen-bond acceptors (Lipinski definition) is 5. The smallest absolute Gasteiger partial charge is 0.266 e. The third-order valence-electron chi connectivity index (χ3n) is 3.67. The highest BCUT2D eigenvalue weighted by molar-refractivity contribution is 7.89. The van der Waals surface area contributed by atoms with Gasteiger partial charge in [0, 0.05) is 0 Å². The molecule has 1 fully saturated rings. The minimum absolute atomic E-state index is 0.0422. The van der Waals surface area contributed by atoms with Crippen LogP contribution >= 0.6 is 0 Å². The molecule has 0 spiro atoms. The Morgan fingerprint density at radius 1 is 1.08 bits per heavy atom. The summed E-state index contributed by atoms with van der Waals surface area (Å²) in [6, 6.07) is 15.6. The van der Waals surface area contributed by atoms with Gasteiger partial charge in [0.15, 0.2) is 6.61 Å². The molecule has 2 aromatic rings. The van der Waals surface area contributed by atoms with Gasteiger partial charge < -0.3 is 10.1 Å². The van der Waals surface area contributed by atoms with E-state index in [2.05, 4.69) is 5.32 Å². The van der Waals surface area contributed by atoms with Crippen LogP contribution < -0.4 is 10.1 Å². The number of carbonyl (C=O) groups is 2. The van der Waals surface area contributed by atoms with E-state index in [9.17, 15) is 18.0 Å². The molecule has 130 valence electrons. The number of amides is 2. The topological polar surface area (TPSA) is 92.8 Å². The third kappa shape index (κ3) is 3.63. The van der Waals surface area contributed by atoms with Crippen LogP contribution in [0.15, 0.2) is 65.6 Å². The summed E-state index contributed by atoms with van der Waals surface area (Å²) in [5, 5.41) is 2.47. The number of benzene rings is 2. The molecule has 0 aromatic heterocycles. The summed E-state index contributed by atoms with van der Waals surface area (Å²) >= 11 is 0. The number of carbonyl (C=O) groups excluding carboxylic acids is 2. The Morgan fingerprint density at radius 2 is 1.68 bits per heavy atom. The van der Waals surface area contributed by atoms with E-state index < -0.39 is 27.9 Å². The minimum atomic E-state index is -3.87. The number of hydrogen-bond donors (Lipinski definition) is 1. The second-order valence-corrected chi connectivity index (χ2v) is 7.27. The van der Waals surface area contributed by atoms with Crippen molar-refractivity contribution < 1.29 is 22.7 Å². The highest BCUT2D eigenvalue weighted by Gasteiger charge is 2.45. The van der Waals surface area contributed by atoms with Crippen molar-refractivity contribution in [2.75, 3.05) is 13.2 Å². The summed E-state index contributed by atoms with van der Waals surface area (Å²) in [5.41, 5.74) is 0. The first-order valence-electron chi connectivity index (χ1n) is 7.57. The van der Waals surface area contributed by atoms with Gasteiger partial charge in [0.05, 0.1) is 11.4 Å². The molecule has 1 aliphatic rings. The number of β-lactam (4-membered cyclic amide) rings is 1. The summed E-state index contributed by atoms with van der Waals surface area (Å²) < 4.78 is 30.7. The largest absolute Gasteiger partial charge is 0.484 e. The predicted octanol–water partition coefficient (Wildman–Crippen LogP) is 0.781. The molecule has 7 nitrogen and oxygen atoms in total. The van der Waals surface area contributed by atoms with Crippen LogP contribution in [0.3, 0.4) is 0 Å². The maximum Gasteiger partial charge on any atom is 0.266 e. The molecule has 8 heteroatoms. The Hall–Kier alpha value is -2.87. The molecular weight excluding hydrogens is 344 g/mol. The average Bonchev–Trinajstić information content (AvgIpc) is 2.64. The Kier molecular flexibility index (Phi) is 4.71. The van der Waals surface area contributed by atoms with Crippen molar-refractivity contribution in [3.05, 3.63) is 60.7 Å². The van der Waals surface area contributed by atoms with Crippen LogP contribution in [-0.2, 0) is 19.6 Å². The molecule has 1 N–H and O–H groups in total. The van der Waals surface area contributed by atoms with Crippen molar-refractivity contribution in [2.24, 2.45) is 0 Å². The zero-order valence-electron chi connectivity index (χ0n) is 13.2. The van der Waals surface area contributed by atoms with E-state index in [1.807, 2.05) is 6.07 Å². The highest BCUT2D eigenvalue weighted by atomic mass is 32.2. The highest BCUT2D eigenvalue weighted by Crippen LogP contribution is 2.22. The SMILES string of the molecule is O=C(COc1ccccc1)N[C@H]1CN(S(=O)(=O)c2ccccc2)C1=O. The second kappa shape index (κ2) is 6.94. The van der Waals surface area contributed by atoms with Crippen LogP contribution in [-0.4, -0.2) is 43.7 Å². The van der Waals surface area contributed by atoms with Crippen molar-refractivity contribution in [1.82, 2.24) is 9.62 Å². The van der Waals surface area contributed by atoms with E-state index in [1.165, 1.54) is 12.1 Å². The fourth-order valence-corrected chi connectivity index (χ4v) is 3.81. The first-order chi connectivity index (χ1) is 12.0. The maximum absolute atomic E-state index is 12.3. The first kappa shape index (κ1) is 17.0. The van der Waals surface area contributed by atoms with Gasteiger partial charge in [-0.15, -0.1) is 0 Å². The molecule has 0 radical (unpaired) electrons. The lowest BCUT2D eigenvalue weighted by atomic mass is 10.1. The van der Waals surface area contributed by atoms with Crippen molar-refractivity contribution in [2.45, 2.75) is 10.9 Å². The van der Waals surface area contributed by atoms with Gasteiger partial charge in [-0.3, -0.25) is 9.59 Å². The lowest BCUT2D eigenvalue weighted by Gasteiger charge is -2.37. The molecule has 0 bridgehead atoms. The van der Waals surface area contributed by atoms with Crippen LogP contribution in [0.4, 0.5) is 0 Å². The van der Waals surface area contributed by atoms with Gasteiger partial charge in [0.1, 0.15) is 11.8 Å². The Labute approximate surface area is 145 Å². The molecule has 3 rings (SSSR count). The van der Waals surface area contributed by atoms with Crippen LogP contribution in [0.5, 0.6) is 5.75 Å². The quantitative estimate of drug-likeness (QED) is 0.769. The van der Waals surface area contributed by atoms with Crippen molar-refractivity contribution >= 4 is 21.8 Å². The van der Waals surface area contributed by atoms with Gasteiger partial charge >= 0.3 is 0 Å². The molecule has 1 aliphatic heterocycles. The number of rotatable bonds is 6. The number of nitrogens with zero attached hydrogens (tertiary/aromatic N) is 1. The fraction of sp³-hybridized carbons (Fsp3) is 0.176. The molecule has 1 atom stereocenters. The van der Waals surface area contributed by atoms with Gasteiger partial charge in [0.25, 0.3) is 21.8 Å². The number of ether oxygens (including phenoxy) is 1. The van der Waals surface area contributed by atoms with E-state index in [4.69, 9.17) is 4.74 Å². The Balaban J connectivity index is 1.54. The van der Waals surface area contributed by atoms with Gasteiger partial charge in [0.2, 0.25) is 0 Å². The zero-order valence-corrected chi connectivity index (χ0v) is 14.0. The molecule has 1 saturated heterocycles. The maximum atomic E-state index is 12.3. The van der Waals surface area contributed by atoms with Gasteiger partial charge in [-0.1, -0.05) is 36.4 Å². The lowest BCUT2D eigenvalue weighted by Crippen LogP contribution is -2.65. The van der Waals surface area contributed by atoms with Gasteiger partial charge in [-0.05, 0) is 24.3 Å². The van der Waals surface area contributed by atoms with E-state index in [0.717, 1.165) is 4.31 Å². The predicted molar refractivity (Wildman–Crippen MR) is 89.2 cm³/mol. The fourth-order valence-electron chi connectivity index (χ4n) is 2.34. The van der Waals surface area contributed by atoms with Gasteiger partial charge in [-0.25, -0.2) is 12.7 Å². The summed E-state index contributed by atoms with van der Waals surface area (Å²) in [5.74, 6) is -0.609. The van der Waals surface area contributed by atoms with E-state index >= 15 is 0 Å². The van der Waals surface area contributed by atoms with E-state index in [-0.39, 0.29) is 18.0 Å². The number of sulfonamides is 1. The van der Waals surface area contributed by atoms with Crippen LogP contribution in [0, 0.1) is 0 Å². The molecule has 2 amide bonds. The molecule has 0 unspecified atom stereocenters. The monoisotopic (exact) mass is 360 g/mol. The normalized spacial score (nSPS) is 16.9. The van der Waals surface area contributed by atoms with Crippen LogP contribution in [0.1, 0.15) is 0 Å². The zero-order chi connectivity index (χ0) is 17.9. The average molecular weight is 360 g/mol. The lowest BCUT2D eigenvalue weighted by molar-refractivity contribution is -0.140. The van der Waals surface area contributed by atoms with E-state index in [0.29, 0.717) is 5.75 Å². The van der Waals surface area contributed by atoms with Crippen LogP contribution in [0.25, 0.3) is 0 Å². The number of para-hydroxylation sites is 1. The van der Waals surface area contributed by atoms with Crippen LogP contribution in [0.2, 0.25) is 0 Å². The Morgan fingerprint density at radius 3 is 2.28 bits per heavy atom. The van der Waals surface area contributed by atoms with Crippen molar-refractivity contribution in [3.63, 3.8) is 0 Å². The molecule has 1 heterocycles. The molecular formula is C17H16N2O5S. The van der Waals surface area contributed by atoms with Gasteiger partial charge in [-0.2, -0.15) is 0 Å².